The SMILES string of the molecule is C/C=C/COc1cc(C)c(OCCCCc2ccc(/C(CCCC)=N/OC)cc2)c(C)c1. The first-order valence-electron chi connectivity index (χ1n) is 11.8. The van der Waals surface area contributed by atoms with Crippen LogP contribution in [0.1, 0.15) is 68.2 Å². The molecule has 0 heterocycles. The van der Waals surface area contributed by atoms with Crippen LogP contribution in [0.2, 0.25) is 0 Å². The van der Waals surface area contributed by atoms with E-state index in [4.69, 9.17) is 14.3 Å². The Kier molecular flexibility index (Phi) is 11.4. The van der Waals surface area contributed by atoms with E-state index in [1.54, 1.807) is 7.11 Å². The zero-order chi connectivity index (χ0) is 23.2. The summed E-state index contributed by atoms with van der Waals surface area (Å²) in [6.07, 6.45) is 10.4. The van der Waals surface area contributed by atoms with Crippen molar-refractivity contribution in [2.45, 2.75) is 66.2 Å². The fourth-order valence-electron chi connectivity index (χ4n) is 3.63. The van der Waals surface area contributed by atoms with Gasteiger partial charge in [0, 0.05) is 0 Å². The molecular formula is C28H39NO3. The van der Waals surface area contributed by atoms with Crippen molar-refractivity contribution in [2.24, 2.45) is 5.16 Å². The molecule has 2 aromatic carbocycles. The van der Waals surface area contributed by atoms with Gasteiger partial charge in [-0.25, -0.2) is 0 Å². The predicted octanol–water partition coefficient (Wildman–Crippen LogP) is 7.20. The van der Waals surface area contributed by atoms with E-state index in [1.807, 2.05) is 19.1 Å². The molecule has 0 radical (unpaired) electrons. The van der Waals surface area contributed by atoms with Crippen LogP contribution in [0, 0.1) is 13.8 Å². The van der Waals surface area contributed by atoms with Gasteiger partial charge in [-0.1, -0.05) is 54.9 Å². The molecule has 0 N–H and O–H groups in total. The molecule has 0 atom stereocenters. The zero-order valence-corrected chi connectivity index (χ0v) is 20.4. The Labute approximate surface area is 194 Å². The molecular weight excluding hydrogens is 398 g/mol. The summed E-state index contributed by atoms with van der Waals surface area (Å²) in [5.74, 6) is 1.87. The van der Waals surface area contributed by atoms with Crippen LogP contribution < -0.4 is 9.47 Å². The van der Waals surface area contributed by atoms with E-state index in [9.17, 15) is 0 Å². The van der Waals surface area contributed by atoms with E-state index >= 15 is 0 Å². The second kappa shape index (κ2) is 14.3. The lowest BCUT2D eigenvalue weighted by Gasteiger charge is -2.14. The number of benzene rings is 2. The summed E-state index contributed by atoms with van der Waals surface area (Å²) in [4.78, 5) is 5.02. The van der Waals surface area contributed by atoms with Crippen molar-refractivity contribution in [1.29, 1.82) is 0 Å². The second-order valence-corrected chi connectivity index (χ2v) is 8.09. The molecule has 0 unspecified atom stereocenters. The molecule has 0 aromatic heterocycles. The number of aryl methyl sites for hydroxylation is 3. The van der Waals surface area contributed by atoms with E-state index in [2.05, 4.69) is 62.3 Å². The van der Waals surface area contributed by atoms with Crippen LogP contribution in [0.25, 0.3) is 0 Å². The number of unbranched alkanes of at least 4 members (excludes halogenated alkanes) is 2. The van der Waals surface area contributed by atoms with Crippen molar-refractivity contribution in [1.82, 2.24) is 0 Å². The largest absolute Gasteiger partial charge is 0.493 e. The van der Waals surface area contributed by atoms with Gasteiger partial charge in [0.15, 0.2) is 0 Å². The molecule has 4 nitrogen and oxygen atoms in total. The Morgan fingerprint density at radius 1 is 0.969 bits per heavy atom. The van der Waals surface area contributed by atoms with E-state index in [1.165, 1.54) is 5.56 Å². The first-order chi connectivity index (χ1) is 15.6. The van der Waals surface area contributed by atoms with Crippen LogP contribution in [0.15, 0.2) is 53.7 Å². The highest BCUT2D eigenvalue weighted by Crippen LogP contribution is 2.28. The molecule has 0 fully saturated rings. The van der Waals surface area contributed by atoms with Crippen molar-refractivity contribution in [3.63, 3.8) is 0 Å². The van der Waals surface area contributed by atoms with Gasteiger partial charge in [0.05, 0.1) is 12.3 Å². The van der Waals surface area contributed by atoms with Crippen molar-refractivity contribution in [3.05, 3.63) is 70.8 Å². The summed E-state index contributed by atoms with van der Waals surface area (Å²) < 4.78 is 11.9. The molecule has 174 valence electrons. The average Bonchev–Trinajstić information content (AvgIpc) is 2.78. The van der Waals surface area contributed by atoms with Gasteiger partial charge in [-0.2, -0.15) is 0 Å². The number of rotatable bonds is 14. The second-order valence-electron chi connectivity index (χ2n) is 8.09. The van der Waals surface area contributed by atoms with Crippen LogP contribution >= 0.6 is 0 Å². The summed E-state index contributed by atoms with van der Waals surface area (Å²) in [7, 11) is 1.61. The molecule has 0 saturated carbocycles. The molecule has 0 spiro atoms. The maximum absolute atomic E-state index is 6.10. The highest BCUT2D eigenvalue weighted by atomic mass is 16.6. The summed E-state index contributed by atoms with van der Waals surface area (Å²) in [5.41, 5.74) is 5.76. The Balaban J connectivity index is 1.79. The summed E-state index contributed by atoms with van der Waals surface area (Å²) >= 11 is 0. The Morgan fingerprint density at radius 3 is 2.31 bits per heavy atom. The van der Waals surface area contributed by atoms with Crippen molar-refractivity contribution >= 4 is 5.71 Å². The first kappa shape index (κ1) is 25.5. The minimum atomic E-state index is 0.593. The molecule has 0 aliphatic heterocycles. The van der Waals surface area contributed by atoms with E-state index < -0.39 is 0 Å². The van der Waals surface area contributed by atoms with Gasteiger partial charge < -0.3 is 14.3 Å². The predicted molar refractivity (Wildman–Crippen MR) is 134 cm³/mol. The quantitative estimate of drug-likeness (QED) is 0.136. The molecule has 0 bridgehead atoms. The smallest absolute Gasteiger partial charge is 0.125 e. The van der Waals surface area contributed by atoms with E-state index in [0.29, 0.717) is 6.61 Å². The Morgan fingerprint density at radius 2 is 1.69 bits per heavy atom. The molecule has 0 aliphatic rings. The van der Waals surface area contributed by atoms with Crippen molar-refractivity contribution in [3.8, 4) is 11.5 Å². The standard InChI is InChI=1S/C28H39NO3/c1-6-8-13-27(29-30-5)25-16-14-24(15-17-25)12-10-11-19-32-28-22(3)20-26(21-23(28)4)31-18-9-7-2/h7,9,14-17,20-21H,6,8,10-13,18-19H2,1-5H3/b9-7+,29-27+. The molecule has 32 heavy (non-hydrogen) atoms. The lowest BCUT2D eigenvalue weighted by atomic mass is 10.0. The molecule has 0 amide bonds. The lowest BCUT2D eigenvalue weighted by Crippen LogP contribution is -2.03. The van der Waals surface area contributed by atoms with Gasteiger partial charge in [0.25, 0.3) is 0 Å². The van der Waals surface area contributed by atoms with Crippen LogP contribution in [-0.2, 0) is 11.3 Å². The van der Waals surface area contributed by atoms with Gasteiger partial charge in [0.2, 0.25) is 0 Å². The van der Waals surface area contributed by atoms with Crippen molar-refractivity contribution in [2.75, 3.05) is 20.3 Å². The third kappa shape index (κ3) is 8.41. The minimum absolute atomic E-state index is 0.593. The Hall–Kier alpha value is -2.75. The van der Waals surface area contributed by atoms with Crippen LogP contribution in [0.3, 0.4) is 0 Å². The summed E-state index contributed by atoms with van der Waals surface area (Å²) in [6, 6.07) is 12.8. The normalized spacial score (nSPS) is 11.7. The van der Waals surface area contributed by atoms with E-state index in [0.717, 1.165) is 79.0 Å². The number of allylic oxidation sites excluding steroid dienone is 1. The Bertz CT molecular complexity index is 846. The van der Waals surface area contributed by atoms with Gasteiger partial charge in [0.1, 0.15) is 25.2 Å². The van der Waals surface area contributed by atoms with Crippen LogP contribution in [0.5, 0.6) is 11.5 Å². The summed E-state index contributed by atoms with van der Waals surface area (Å²) in [5, 5.41) is 4.20. The maximum atomic E-state index is 6.10. The number of hydrogen-bond acceptors (Lipinski definition) is 4. The van der Waals surface area contributed by atoms with Crippen LogP contribution in [-0.4, -0.2) is 26.0 Å². The van der Waals surface area contributed by atoms with Crippen LogP contribution in [0.4, 0.5) is 0 Å². The molecule has 0 saturated heterocycles. The highest BCUT2D eigenvalue weighted by molar-refractivity contribution is 6.00. The molecule has 4 heteroatoms. The van der Waals surface area contributed by atoms with Gasteiger partial charge in [-0.3, -0.25) is 0 Å². The third-order valence-corrected chi connectivity index (χ3v) is 5.38. The maximum Gasteiger partial charge on any atom is 0.125 e. The first-order valence-corrected chi connectivity index (χ1v) is 11.8. The zero-order valence-electron chi connectivity index (χ0n) is 20.4. The number of nitrogens with zero attached hydrogens (tertiary/aromatic N) is 1. The fourth-order valence-corrected chi connectivity index (χ4v) is 3.63. The van der Waals surface area contributed by atoms with E-state index in [-0.39, 0.29) is 0 Å². The highest BCUT2D eigenvalue weighted by Gasteiger charge is 2.08. The number of hydrogen-bond donors (Lipinski definition) is 0. The van der Waals surface area contributed by atoms with Crippen molar-refractivity contribution < 1.29 is 14.3 Å². The number of oxime groups is 1. The molecule has 2 rings (SSSR count). The molecule has 0 aliphatic carbocycles. The third-order valence-electron chi connectivity index (χ3n) is 5.38. The lowest BCUT2D eigenvalue weighted by molar-refractivity contribution is 0.212. The summed E-state index contributed by atoms with van der Waals surface area (Å²) in [6.45, 7) is 9.65. The number of ether oxygens (including phenoxy) is 2. The monoisotopic (exact) mass is 437 g/mol. The average molecular weight is 438 g/mol. The fraction of sp³-hybridized carbons (Fsp3) is 0.464. The van der Waals surface area contributed by atoms with Gasteiger partial charge >= 0.3 is 0 Å². The topological polar surface area (TPSA) is 40.0 Å². The van der Waals surface area contributed by atoms with Gasteiger partial charge in [-0.05, 0) is 87.3 Å². The van der Waals surface area contributed by atoms with Gasteiger partial charge in [-0.15, -0.1) is 0 Å². The molecule has 2 aromatic rings. The minimum Gasteiger partial charge on any atom is -0.493 e.